The van der Waals surface area contributed by atoms with Crippen molar-refractivity contribution in [2.24, 2.45) is 0 Å². The summed E-state index contributed by atoms with van der Waals surface area (Å²) in [4.78, 5) is 16.3. The van der Waals surface area contributed by atoms with Crippen LogP contribution in [0.25, 0.3) is 5.69 Å². The predicted molar refractivity (Wildman–Crippen MR) is 96.3 cm³/mol. The van der Waals surface area contributed by atoms with E-state index in [9.17, 15) is 4.79 Å². The van der Waals surface area contributed by atoms with Crippen molar-refractivity contribution in [3.05, 3.63) is 35.8 Å². The maximum absolute atomic E-state index is 12.1. The molecule has 1 saturated heterocycles. The van der Waals surface area contributed by atoms with Crippen molar-refractivity contribution < 1.29 is 4.79 Å². The number of nitrogens with one attached hydrogen (secondary N) is 1. The lowest BCUT2D eigenvalue weighted by molar-refractivity contribution is -0.117. The molecular formula is C15H17N9OS. The highest BCUT2D eigenvalue weighted by Gasteiger charge is 2.23. The van der Waals surface area contributed by atoms with Gasteiger partial charge in [0.2, 0.25) is 17.0 Å². The number of tetrazole rings is 1. The van der Waals surface area contributed by atoms with Crippen LogP contribution in [0.2, 0.25) is 0 Å². The average molecular weight is 371 g/mol. The van der Waals surface area contributed by atoms with Crippen LogP contribution in [0.1, 0.15) is 0 Å². The molecule has 1 aliphatic heterocycles. The van der Waals surface area contributed by atoms with Crippen molar-refractivity contribution in [2.45, 2.75) is 0 Å². The Kier molecular flexibility index (Phi) is 4.80. The minimum Gasteiger partial charge on any atom is -0.337 e. The molecule has 0 radical (unpaired) electrons. The van der Waals surface area contributed by atoms with Crippen molar-refractivity contribution in [3.63, 3.8) is 0 Å². The molecule has 2 aromatic heterocycles. The number of benzene rings is 1. The van der Waals surface area contributed by atoms with Crippen LogP contribution in [0, 0.1) is 0 Å². The van der Waals surface area contributed by atoms with Gasteiger partial charge >= 0.3 is 0 Å². The van der Waals surface area contributed by atoms with E-state index in [1.165, 1.54) is 11.3 Å². The van der Waals surface area contributed by atoms with Crippen LogP contribution in [0.4, 0.5) is 11.1 Å². The van der Waals surface area contributed by atoms with Gasteiger partial charge in [0.1, 0.15) is 5.51 Å². The van der Waals surface area contributed by atoms with E-state index < -0.39 is 0 Å². The molecule has 1 aliphatic rings. The van der Waals surface area contributed by atoms with Gasteiger partial charge < -0.3 is 4.90 Å². The van der Waals surface area contributed by atoms with Gasteiger partial charge in [0.05, 0.1) is 12.2 Å². The van der Waals surface area contributed by atoms with E-state index in [0.29, 0.717) is 17.6 Å². The number of para-hydroxylation sites is 1. The molecule has 0 aliphatic carbocycles. The Bertz CT molecular complexity index is 843. The molecule has 3 heterocycles. The molecule has 0 saturated carbocycles. The average Bonchev–Trinajstić information content (AvgIpc) is 3.35. The van der Waals surface area contributed by atoms with Crippen molar-refractivity contribution in [2.75, 3.05) is 42.9 Å². The third-order valence-electron chi connectivity index (χ3n) is 4.08. The van der Waals surface area contributed by atoms with Crippen LogP contribution in [0.3, 0.4) is 0 Å². The number of carbonyl (C=O) groups is 1. The molecule has 4 rings (SSSR count). The summed E-state index contributed by atoms with van der Waals surface area (Å²) < 4.78 is 1.73. The lowest BCUT2D eigenvalue weighted by Gasteiger charge is -2.34. The van der Waals surface area contributed by atoms with Crippen LogP contribution >= 0.6 is 11.3 Å². The van der Waals surface area contributed by atoms with Crippen LogP contribution < -0.4 is 10.2 Å². The van der Waals surface area contributed by atoms with Crippen molar-refractivity contribution >= 4 is 28.3 Å². The Hall–Kier alpha value is -2.92. The smallest absolute Gasteiger partial charge is 0.250 e. The highest BCUT2D eigenvalue weighted by atomic mass is 32.1. The summed E-state index contributed by atoms with van der Waals surface area (Å²) in [5.74, 6) is 0.637. The number of hydrogen-bond donors (Lipinski definition) is 1. The van der Waals surface area contributed by atoms with Gasteiger partial charge in [-0.2, -0.15) is 4.68 Å². The first-order valence-electron chi connectivity index (χ1n) is 8.17. The standard InChI is InChI=1S/C15H17N9OS/c25-13(17-14-18-16-11-26-14)10-22-6-8-23(9-7-22)15-19-20-21-24(15)12-4-2-1-3-5-12/h1-5,11H,6-10H2,(H,17,18,25). The second-order valence-electron chi connectivity index (χ2n) is 5.78. The minimum atomic E-state index is -0.0793. The molecule has 0 bridgehead atoms. The van der Waals surface area contributed by atoms with Crippen LogP contribution in [0.5, 0.6) is 0 Å². The molecule has 1 amide bonds. The number of nitrogens with zero attached hydrogens (tertiary/aromatic N) is 8. The van der Waals surface area contributed by atoms with Crippen LogP contribution in [0.15, 0.2) is 35.8 Å². The van der Waals surface area contributed by atoms with Gasteiger partial charge in [0, 0.05) is 26.2 Å². The molecule has 0 atom stereocenters. The van der Waals surface area contributed by atoms with Gasteiger partial charge in [-0.15, -0.1) is 10.2 Å². The summed E-state index contributed by atoms with van der Waals surface area (Å²) in [5.41, 5.74) is 2.51. The fourth-order valence-electron chi connectivity index (χ4n) is 2.81. The molecule has 1 aromatic carbocycles. The van der Waals surface area contributed by atoms with E-state index in [-0.39, 0.29) is 5.91 Å². The first kappa shape index (κ1) is 16.5. The maximum Gasteiger partial charge on any atom is 0.250 e. The molecule has 1 fully saturated rings. The first-order chi connectivity index (χ1) is 12.8. The summed E-state index contributed by atoms with van der Waals surface area (Å²) in [6, 6.07) is 9.80. The molecule has 0 unspecified atom stereocenters. The second kappa shape index (κ2) is 7.54. The number of piperazine rings is 1. The molecule has 26 heavy (non-hydrogen) atoms. The summed E-state index contributed by atoms with van der Waals surface area (Å²) in [7, 11) is 0. The zero-order valence-corrected chi connectivity index (χ0v) is 14.7. The zero-order valence-electron chi connectivity index (χ0n) is 13.9. The SMILES string of the molecule is O=C(CN1CCN(c2nnnn2-c2ccccc2)CC1)Nc1nncs1. The first-order valence-corrected chi connectivity index (χ1v) is 9.05. The van der Waals surface area contributed by atoms with Gasteiger partial charge in [0.25, 0.3) is 0 Å². The van der Waals surface area contributed by atoms with Crippen molar-refractivity contribution in [3.8, 4) is 5.69 Å². The summed E-state index contributed by atoms with van der Waals surface area (Å²) in [6.45, 7) is 3.34. The van der Waals surface area contributed by atoms with Crippen LogP contribution in [-0.4, -0.2) is 73.9 Å². The van der Waals surface area contributed by atoms with Gasteiger partial charge in [-0.3, -0.25) is 15.0 Å². The topological polar surface area (TPSA) is 105 Å². The molecule has 134 valence electrons. The van der Waals surface area contributed by atoms with E-state index in [4.69, 9.17) is 0 Å². The van der Waals surface area contributed by atoms with Crippen molar-refractivity contribution in [1.29, 1.82) is 0 Å². The number of rotatable bonds is 5. The minimum absolute atomic E-state index is 0.0793. The normalized spacial score (nSPS) is 15.2. The number of aromatic nitrogens is 6. The Balaban J connectivity index is 1.34. The molecular weight excluding hydrogens is 354 g/mol. The number of carbonyl (C=O) groups excluding carboxylic acids is 1. The number of amides is 1. The molecule has 11 heteroatoms. The van der Waals surface area contributed by atoms with E-state index >= 15 is 0 Å². The third-order valence-corrected chi connectivity index (χ3v) is 4.69. The summed E-state index contributed by atoms with van der Waals surface area (Å²) in [5, 5.41) is 22.9. The van der Waals surface area contributed by atoms with E-state index in [1.54, 1.807) is 10.2 Å². The Labute approximate surface area is 153 Å². The van der Waals surface area contributed by atoms with E-state index in [2.05, 4.69) is 40.8 Å². The highest BCUT2D eigenvalue weighted by Crippen LogP contribution is 2.17. The fourth-order valence-corrected chi connectivity index (χ4v) is 3.27. The van der Waals surface area contributed by atoms with E-state index in [0.717, 1.165) is 31.9 Å². The zero-order chi connectivity index (χ0) is 17.8. The van der Waals surface area contributed by atoms with Crippen LogP contribution in [-0.2, 0) is 4.79 Å². The third kappa shape index (κ3) is 3.68. The van der Waals surface area contributed by atoms with Gasteiger partial charge in [-0.1, -0.05) is 34.6 Å². The van der Waals surface area contributed by atoms with Gasteiger partial charge in [-0.05, 0) is 22.6 Å². The van der Waals surface area contributed by atoms with Crippen molar-refractivity contribution in [1.82, 2.24) is 35.3 Å². The lowest BCUT2D eigenvalue weighted by Crippen LogP contribution is -2.49. The number of hydrogen-bond acceptors (Lipinski definition) is 9. The van der Waals surface area contributed by atoms with E-state index in [1.807, 2.05) is 30.3 Å². The lowest BCUT2D eigenvalue weighted by atomic mass is 10.3. The predicted octanol–water partition coefficient (Wildman–Crippen LogP) is 0.274. The Morgan fingerprint density at radius 1 is 1.12 bits per heavy atom. The quantitative estimate of drug-likeness (QED) is 0.682. The Morgan fingerprint density at radius 3 is 2.65 bits per heavy atom. The molecule has 0 spiro atoms. The molecule has 10 nitrogen and oxygen atoms in total. The van der Waals surface area contributed by atoms with Gasteiger partial charge in [-0.25, -0.2) is 0 Å². The highest BCUT2D eigenvalue weighted by molar-refractivity contribution is 7.13. The Morgan fingerprint density at radius 2 is 1.92 bits per heavy atom. The number of anilines is 2. The van der Waals surface area contributed by atoms with Gasteiger partial charge in [0.15, 0.2) is 0 Å². The largest absolute Gasteiger partial charge is 0.337 e. The molecule has 3 aromatic rings. The fraction of sp³-hybridized carbons (Fsp3) is 0.333. The second-order valence-corrected chi connectivity index (χ2v) is 6.61. The summed E-state index contributed by atoms with van der Waals surface area (Å²) in [6.07, 6.45) is 0. The monoisotopic (exact) mass is 371 g/mol. The maximum atomic E-state index is 12.1. The summed E-state index contributed by atoms with van der Waals surface area (Å²) >= 11 is 1.31. The molecule has 1 N–H and O–H groups in total.